The molecule has 8 heteroatoms. The summed E-state index contributed by atoms with van der Waals surface area (Å²) < 4.78 is 5.61. The first-order valence-electron chi connectivity index (χ1n) is 5.75. The van der Waals surface area contributed by atoms with Crippen LogP contribution in [0.25, 0.3) is 11.1 Å². The molecule has 1 aromatic heterocycles. The average molecular weight is 285 g/mol. The van der Waals surface area contributed by atoms with Crippen molar-refractivity contribution in [3.63, 3.8) is 0 Å². The van der Waals surface area contributed by atoms with Gasteiger partial charge in [-0.2, -0.15) is 4.98 Å². The number of nitro benzene ring substituents is 1. The Kier molecular flexibility index (Phi) is 3.87. The van der Waals surface area contributed by atoms with Crippen molar-refractivity contribution in [2.24, 2.45) is 0 Å². The summed E-state index contributed by atoms with van der Waals surface area (Å²) in [6, 6.07) is 4.98. The number of anilines is 1. The lowest BCUT2D eigenvalue weighted by Crippen LogP contribution is -2.43. The van der Waals surface area contributed by atoms with Crippen molar-refractivity contribution in [3.05, 3.63) is 28.3 Å². The number of halogens is 1. The summed E-state index contributed by atoms with van der Waals surface area (Å²) in [7, 11) is 0. The molecule has 2 heterocycles. The maximum absolute atomic E-state index is 10.7. The number of benzene rings is 1. The van der Waals surface area contributed by atoms with Gasteiger partial charge in [0.25, 0.3) is 11.7 Å². The van der Waals surface area contributed by atoms with Gasteiger partial charge in [0, 0.05) is 38.3 Å². The number of piperazine rings is 1. The van der Waals surface area contributed by atoms with E-state index >= 15 is 0 Å². The lowest BCUT2D eigenvalue weighted by Gasteiger charge is -2.25. The van der Waals surface area contributed by atoms with Gasteiger partial charge in [-0.15, -0.1) is 12.4 Å². The van der Waals surface area contributed by atoms with Gasteiger partial charge in [0.15, 0.2) is 5.58 Å². The summed E-state index contributed by atoms with van der Waals surface area (Å²) in [6.45, 7) is 3.43. The monoisotopic (exact) mass is 284 g/mol. The molecule has 0 unspecified atom stereocenters. The Balaban J connectivity index is 0.00000133. The minimum absolute atomic E-state index is 0. The Labute approximate surface area is 115 Å². The van der Waals surface area contributed by atoms with Gasteiger partial charge in [-0.05, 0) is 6.07 Å². The molecule has 102 valence electrons. The molecule has 0 atom stereocenters. The maximum Gasteiger partial charge on any atom is 0.298 e. The second-order valence-electron chi connectivity index (χ2n) is 4.14. The highest BCUT2D eigenvalue weighted by molar-refractivity contribution is 5.85. The van der Waals surface area contributed by atoms with Gasteiger partial charge >= 0.3 is 0 Å². The molecule has 0 radical (unpaired) electrons. The van der Waals surface area contributed by atoms with Crippen molar-refractivity contribution >= 4 is 35.2 Å². The number of hydrogen-bond acceptors (Lipinski definition) is 6. The number of rotatable bonds is 2. The minimum Gasteiger partial charge on any atom is -0.423 e. The van der Waals surface area contributed by atoms with Gasteiger partial charge in [-0.3, -0.25) is 10.1 Å². The zero-order valence-electron chi connectivity index (χ0n) is 10.0. The Morgan fingerprint density at radius 3 is 2.79 bits per heavy atom. The molecule has 0 bridgehead atoms. The third-order valence-corrected chi connectivity index (χ3v) is 2.96. The van der Waals surface area contributed by atoms with Crippen LogP contribution in [0.1, 0.15) is 0 Å². The SMILES string of the molecule is Cl.O=[N+]([O-])c1ccc2oc(N3CCNCC3)nc2c1. The van der Waals surface area contributed by atoms with Crippen LogP contribution in [0.2, 0.25) is 0 Å². The highest BCUT2D eigenvalue weighted by atomic mass is 35.5. The van der Waals surface area contributed by atoms with E-state index in [1.54, 1.807) is 6.07 Å². The van der Waals surface area contributed by atoms with E-state index < -0.39 is 4.92 Å². The van der Waals surface area contributed by atoms with Crippen molar-refractivity contribution in [2.45, 2.75) is 0 Å². The van der Waals surface area contributed by atoms with Crippen LogP contribution in [-0.2, 0) is 0 Å². The number of fused-ring (bicyclic) bond motifs is 1. The molecule has 7 nitrogen and oxygen atoms in total. The van der Waals surface area contributed by atoms with E-state index in [0.717, 1.165) is 26.2 Å². The molecule has 2 aromatic rings. The van der Waals surface area contributed by atoms with E-state index in [0.29, 0.717) is 17.1 Å². The molecule has 0 saturated carbocycles. The van der Waals surface area contributed by atoms with Crippen molar-refractivity contribution in [3.8, 4) is 0 Å². The third-order valence-electron chi connectivity index (χ3n) is 2.96. The molecule has 1 saturated heterocycles. The van der Waals surface area contributed by atoms with Crippen molar-refractivity contribution in [2.75, 3.05) is 31.1 Å². The molecule has 3 rings (SSSR count). The van der Waals surface area contributed by atoms with Crippen molar-refractivity contribution in [1.82, 2.24) is 10.3 Å². The molecule has 0 amide bonds. The smallest absolute Gasteiger partial charge is 0.298 e. The molecule has 19 heavy (non-hydrogen) atoms. The van der Waals surface area contributed by atoms with Crippen molar-refractivity contribution < 1.29 is 9.34 Å². The number of nitrogens with one attached hydrogen (secondary N) is 1. The number of hydrogen-bond donors (Lipinski definition) is 1. The maximum atomic E-state index is 10.7. The summed E-state index contributed by atoms with van der Waals surface area (Å²) in [5.41, 5.74) is 1.13. The predicted octanol–water partition coefficient (Wildman–Crippen LogP) is 1.57. The average Bonchev–Trinajstić information content (AvgIpc) is 2.82. The zero-order valence-corrected chi connectivity index (χ0v) is 10.9. The summed E-state index contributed by atoms with van der Waals surface area (Å²) in [5.74, 6) is 0. The molecule has 1 N–H and O–H groups in total. The van der Waals surface area contributed by atoms with E-state index in [1.165, 1.54) is 12.1 Å². The van der Waals surface area contributed by atoms with Gasteiger partial charge in [-0.1, -0.05) is 0 Å². The first-order valence-corrected chi connectivity index (χ1v) is 5.75. The van der Waals surface area contributed by atoms with Gasteiger partial charge in [0.2, 0.25) is 0 Å². The van der Waals surface area contributed by atoms with Gasteiger partial charge in [-0.25, -0.2) is 0 Å². The Morgan fingerprint density at radius 1 is 1.37 bits per heavy atom. The molecular weight excluding hydrogens is 272 g/mol. The largest absolute Gasteiger partial charge is 0.423 e. The van der Waals surface area contributed by atoms with Gasteiger partial charge in [0.1, 0.15) is 5.52 Å². The van der Waals surface area contributed by atoms with Crippen LogP contribution in [0.4, 0.5) is 11.7 Å². The summed E-state index contributed by atoms with van der Waals surface area (Å²) in [4.78, 5) is 16.6. The summed E-state index contributed by atoms with van der Waals surface area (Å²) in [5, 5.41) is 13.9. The molecule has 0 aliphatic carbocycles. The predicted molar refractivity (Wildman–Crippen MR) is 73.0 cm³/mol. The highest BCUT2D eigenvalue weighted by Crippen LogP contribution is 2.25. The summed E-state index contributed by atoms with van der Waals surface area (Å²) in [6.07, 6.45) is 0. The fraction of sp³-hybridized carbons (Fsp3) is 0.364. The molecular formula is C11H13ClN4O3. The van der Waals surface area contributed by atoms with Crippen LogP contribution >= 0.6 is 12.4 Å². The minimum atomic E-state index is -0.432. The fourth-order valence-corrected chi connectivity index (χ4v) is 2.01. The number of nitrogens with zero attached hydrogens (tertiary/aromatic N) is 3. The first-order chi connectivity index (χ1) is 8.74. The van der Waals surface area contributed by atoms with Crippen molar-refractivity contribution in [1.29, 1.82) is 0 Å². The lowest BCUT2D eigenvalue weighted by atomic mass is 10.3. The second-order valence-corrected chi connectivity index (χ2v) is 4.14. The summed E-state index contributed by atoms with van der Waals surface area (Å²) >= 11 is 0. The fourth-order valence-electron chi connectivity index (χ4n) is 2.01. The van der Waals surface area contributed by atoms with Crippen LogP contribution in [0.5, 0.6) is 0 Å². The number of oxazole rings is 1. The number of non-ortho nitro benzene ring substituents is 1. The highest BCUT2D eigenvalue weighted by Gasteiger charge is 2.17. The Morgan fingerprint density at radius 2 is 2.11 bits per heavy atom. The van der Waals surface area contributed by atoms with Gasteiger partial charge < -0.3 is 14.6 Å². The van der Waals surface area contributed by atoms with Crippen LogP contribution in [0, 0.1) is 10.1 Å². The van der Waals surface area contributed by atoms with Crippen LogP contribution in [0.3, 0.4) is 0 Å². The van der Waals surface area contributed by atoms with E-state index in [-0.39, 0.29) is 18.1 Å². The third kappa shape index (κ3) is 2.61. The van der Waals surface area contributed by atoms with E-state index in [4.69, 9.17) is 4.42 Å². The molecule has 1 aromatic carbocycles. The van der Waals surface area contributed by atoms with Crippen LogP contribution < -0.4 is 10.2 Å². The van der Waals surface area contributed by atoms with E-state index in [1.807, 2.05) is 4.90 Å². The standard InChI is InChI=1S/C11H12N4O3.ClH/c16-15(17)8-1-2-10-9(7-8)13-11(18-10)14-5-3-12-4-6-14;/h1-2,7,12H,3-6H2;1H. The van der Waals surface area contributed by atoms with E-state index in [9.17, 15) is 10.1 Å². The number of nitro groups is 1. The molecule has 1 aliphatic heterocycles. The quantitative estimate of drug-likeness (QED) is 0.665. The topological polar surface area (TPSA) is 84.4 Å². The zero-order chi connectivity index (χ0) is 12.5. The molecule has 1 fully saturated rings. The van der Waals surface area contributed by atoms with Gasteiger partial charge in [0.05, 0.1) is 4.92 Å². The van der Waals surface area contributed by atoms with E-state index in [2.05, 4.69) is 10.3 Å². The Hall–Kier alpha value is -1.86. The number of aromatic nitrogens is 1. The van der Waals surface area contributed by atoms with Crippen LogP contribution in [-0.4, -0.2) is 36.1 Å². The normalized spacial score (nSPS) is 15.3. The molecule has 0 spiro atoms. The second kappa shape index (κ2) is 5.41. The Bertz CT molecular complexity index is 595. The molecule has 1 aliphatic rings. The first kappa shape index (κ1) is 13.6. The lowest BCUT2D eigenvalue weighted by molar-refractivity contribution is -0.384. The van der Waals surface area contributed by atoms with Crippen LogP contribution in [0.15, 0.2) is 22.6 Å².